The monoisotopic (exact) mass is 448 g/mol. The number of ether oxygens (including phenoxy) is 1. The third-order valence-electron chi connectivity index (χ3n) is 4.54. The summed E-state index contributed by atoms with van der Waals surface area (Å²) >= 11 is 7.51. The van der Waals surface area contributed by atoms with Gasteiger partial charge in [0.2, 0.25) is 5.16 Å². The Bertz CT molecular complexity index is 1160. The predicted octanol–water partition coefficient (Wildman–Crippen LogP) is 5.99. The highest BCUT2D eigenvalue weighted by Crippen LogP contribution is 2.22. The molecule has 1 heterocycles. The van der Waals surface area contributed by atoms with Crippen molar-refractivity contribution < 1.29 is 4.74 Å². The number of nitrogens with zero attached hydrogens (tertiary/aromatic N) is 4. The Morgan fingerprint density at radius 3 is 2.55 bits per heavy atom. The fourth-order valence-electron chi connectivity index (χ4n) is 2.81. The summed E-state index contributed by atoms with van der Waals surface area (Å²) in [7, 11) is 0. The molecule has 0 radical (unpaired) electrons. The van der Waals surface area contributed by atoms with Crippen molar-refractivity contribution in [3.63, 3.8) is 0 Å². The van der Waals surface area contributed by atoms with Crippen LogP contribution in [-0.2, 0) is 12.4 Å². The Kier molecular flexibility index (Phi) is 7.02. The molecule has 4 rings (SSSR count). The largest absolute Gasteiger partial charge is 0.488 e. The van der Waals surface area contributed by atoms with E-state index in [9.17, 15) is 0 Å². The molecule has 7 heteroatoms. The third kappa shape index (κ3) is 5.96. The molecule has 0 unspecified atom stereocenters. The van der Waals surface area contributed by atoms with E-state index in [4.69, 9.17) is 16.3 Å². The summed E-state index contributed by atoms with van der Waals surface area (Å²) in [5.74, 6) is 1.53. The molecule has 5 nitrogen and oxygen atoms in total. The molecule has 0 aliphatic rings. The van der Waals surface area contributed by atoms with Gasteiger partial charge in [0.05, 0.1) is 6.21 Å². The van der Waals surface area contributed by atoms with Crippen molar-refractivity contribution in [1.82, 2.24) is 14.9 Å². The molecule has 0 aliphatic carbocycles. The van der Waals surface area contributed by atoms with Crippen molar-refractivity contribution in [1.29, 1.82) is 0 Å². The maximum absolute atomic E-state index is 6.03. The zero-order valence-corrected chi connectivity index (χ0v) is 18.6. The molecule has 4 aromatic rings. The van der Waals surface area contributed by atoms with E-state index in [0.29, 0.717) is 11.8 Å². The van der Waals surface area contributed by atoms with E-state index in [-0.39, 0.29) is 0 Å². The van der Waals surface area contributed by atoms with Gasteiger partial charge in [0, 0.05) is 16.3 Å². The number of thioether (sulfide) groups is 1. The number of para-hydroxylation sites is 1. The van der Waals surface area contributed by atoms with Crippen LogP contribution >= 0.6 is 23.4 Å². The third-order valence-corrected chi connectivity index (χ3v) is 5.79. The van der Waals surface area contributed by atoms with Crippen LogP contribution in [0.5, 0.6) is 5.75 Å². The fourth-order valence-corrected chi connectivity index (χ4v) is 3.76. The second-order valence-corrected chi connectivity index (χ2v) is 8.31. The molecule has 156 valence electrons. The van der Waals surface area contributed by atoms with Crippen LogP contribution in [-0.4, -0.2) is 21.1 Å². The van der Waals surface area contributed by atoms with Gasteiger partial charge in [0.15, 0.2) is 0 Å². The first-order valence-electron chi connectivity index (χ1n) is 9.76. The Morgan fingerprint density at radius 2 is 1.74 bits per heavy atom. The molecule has 0 amide bonds. The molecule has 0 N–H and O–H groups in total. The minimum atomic E-state index is 0.500. The van der Waals surface area contributed by atoms with Gasteiger partial charge in [-0.25, -0.2) is 0 Å². The van der Waals surface area contributed by atoms with E-state index in [1.165, 1.54) is 5.56 Å². The topological polar surface area (TPSA) is 52.3 Å². The van der Waals surface area contributed by atoms with Gasteiger partial charge in [0.1, 0.15) is 18.7 Å². The summed E-state index contributed by atoms with van der Waals surface area (Å²) in [4.78, 5) is 0. The van der Waals surface area contributed by atoms with Crippen molar-refractivity contribution in [3.05, 3.63) is 106 Å². The first kappa shape index (κ1) is 21.2. The molecule has 1 aromatic heterocycles. The first-order valence-corrected chi connectivity index (χ1v) is 11.1. The Hall–Kier alpha value is -3.09. The summed E-state index contributed by atoms with van der Waals surface area (Å²) in [5, 5.41) is 14.1. The second kappa shape index (κ2) is 10.3. The number of aryl methyl sites for hydroxylation is 1. The van der Waals surface area contributed by atoms with Crippen molar-refractivity contribution in [2.75, 3.05) is 0 Å². The molecular formula is C24H21ClN4OS. The molecule has 0 aliphatic heterocycles. The van der Waals surface area contributed by atoms with E-state index in [1.54, 1.807) is 29.0 Å². The molecule has 0 bridgehead atoms. The average Bonchev–Trinajstić information content (AvgIpc) is 3.25. The highest BCUT2D eigenvalue weighted by molar-refractivity contribution is 7.98. The summed E-state index contributed by atoms with van der Waals surface area (Å²) in [5.41, 5.74) is 4.40. The molecule has 0 spiro atoms. The number of rotatable bonds is 8. The lowest BCUT2D eigenvalue weighted by molar-refractivity contribution is 0.306. The van der Waals surface area contributed by atoms with E-state index < -0.39 is 0 Å². The highest BCUT2D eigenvalue weighted by Gasteiger charge is 2.06. The SMILES string of the molecule is Cc1ccc(COc2ccccc2/C=N/n2cnnc2SCc2ccc(Cl)cc2)cc1. The zero-order valence-electron chi connectivity index (χ0n) is 17.0. The summed E-state index contributed by atoms with van der Waals surface area (Å²) in [6.07, 6.45) is 3.36. The van der Waals surface area contributed by atoms with Crippen LogP contribution in [0.3, 0.4) is 0 Å². The van der Waals surface area contributed by atoms with Gasteiger partial charge in [-0.2, -0.15) is 9.78 Å². The van der Waals surface area contributed by atoms with Crippen LogP contribution < -0.4 is 4.74 Å². The van der Waals surface area contributed by atoms with Crippen LogP contribution in [0, 0.1) is 6.92 Å². The fraction of sp³-hybridized carbons (Fsp3) is 0.125. The smallest absolute Gasteiger partial charge is 0.212 e. The van der Waals surface area contributed by atoms with E-state index >= 15 is 0 Å². The predicted molar refractivity (Wildman–Crippen MR) is 126 cm³/mol. The minimum absolute atomic E-state index is 0.500. The molecule has 0 atom stereocenters. The van der Waals surface area contributed by atoms with Crippen LogP contribution in [0.25, 0.3) is 0 Å². The maximum atomic E-state index is 6.03. The highest BCUT2D eigenvalue weighted by atomic mass is 35.5. The maximum Gasteiger partial charge on any atom is 0.212 e. The number of hydrogen-bond donors (Lipinski definition) is 0. The van der Waals surface area contributed by atoms with E-state index in [0.717, 1.165) is 33.2 Å². The summed E-state index contributed by atoms with van der Waals surface area (Å²) < 4.78 is 7.69. The van der Waals surface area contributed by atoms with Crippen LogP contribution in [0.2, 0.25) is 5.02 Å². The average molecular weight is 449 g/mol. The molecule has 0 saturated carbocycles. The van der Waals surface area contributed by atoms with Crippen molar-refractivity contribution >= 4 is 29.6 Å². The lowest BCUT2D eigenvalue weighted by Gasteiger charge is -2.09. The van der Waals surface area contributed by atoms with E-state index in [2.05, 4.69) is 46.5 Å². The number of aromatic nitrogens is 3. The van der Waals surface area contributed by atoms with Gasteiger partial charge in [0.25, 0.3) is 0 Å². The molecular weight excluding hydrogens is 428 g/mol. The lowest BCUT2D eigenvalue weighted by Crippen LogP contribution is -1.99. The summed E-state index contributed by atoms with van der Waals surface area (Å²) in [6, 6.07) is 23.9. The van der Waals surface area contributed by atoms with Crippen molar-refractivity contribution in [2.45, 2.75) is 24.4 Å². The van der Waals surface area contributed by atoms with Crippen LogP contribution in [0.1, 0.15) is 22.3 Å². The lowest BCUT2D eigenvalue weighted by atomic mass is 10.1. The Morgan fingerprint density at radius 1 is 1.00 bits per heavy atom. The zero-order chi connectivity index (χ0) is 21.5. The van der Waals surface area contributed by atoms with Crippen LogP contribution in [0.15, 0.2) is 89.4 Å². The second-order valence-electron chi connectivity index (χ2n) is 6.93. The normalized spacial score (nSPS) is 11.2. The first-order chi connectivity index (χ1) is 15.2. The van der Waals surface area contributed by atoms with Gasteiger partial charge < -0.3 is 4.74 Å². The van der Waals surface area contributed by atoms with Gasteiger partial charge in [-0.3, -0.25) is 0 Å². The number of benzene rings is 3. The molecule has 0 saturated heterocycles. The number of hydrogen-bond acceptors (Lipinski definition) is 5. The van der Waals surface area contributed by atoms with Gasteiger partial charge in [-0.15, -0.1) is 10.2 Å². The minimum Gasteiger partial charge on any atom is -0.488 e. The Labute approximate surface area is 190 Å². The molecule has 3 aromatic carbocycles. The standard InChI is InChI=1S/C24H21ClN4OS/c1-18-6-8-19(9-7-18)15-30-23-5-3-2-4-21(23)14-27-29-17-26-28-24(29)31-16-20-10-12-22(25)13-11-20/h2-14,17H,15-16H2,1H3/b27-14+. The quantitative estimate of drug-likeness (QED) is 0.245. The van der Waals surface area contributed by atoms with Crippen LogP contribution in [0.4, 0.5) is 0 Å². The van der Waals surface area contributed by atoms with Gasteiger partial charge in [-0.05, 0) is 42.3 Å². The van der Waals surface area contributed by atoms with E-state index in [1.807, 2.05) is 48.5 Å². The van der Waals surface area contributed by atoms with Crippen molar-refractivity contribution in [2.24, 2.45) is 5.10 Å². The molecule has 0 fully saturated rings. The van der Waals surface area contributed by atoms with Gasteiger partial charge in [-0.1, -0.05) is 77.5 Å². The molecule has 31 heavy (non-hydrogen) atoms. The van der Waals surface area contributed by atoms with Crippen molar-refractivity contribution in [3.8, 4) is 5.75 Å². The number of halogens is 1. The Balaban J connectivity index is 1.42. The summed E-state index contributed by atoms with van der Waals surface area (Å²) in [6.45, 7) is 2.57. The van der Waals surface area contributed by atoms with Gasteiger partial charge >= 0.3 is 0 Å².